The van der Waals surface area contributed by atoms with Crippen LogP contribution in [0.4, 0.5) is 0 Å². The van der Waals surface area contributed by atoms with Gasteiger partial charge in [0.2, 0.25) is 5.91 Å². The van der Waals surface area contributed by atoms with Gasteiger partial charge in [-0.15, -0.1) is 0 Å². The average Bonchev–Trinajstić information content (AvgIpc) is 3.23. The number of carbonyl (C=O) groups is 3. The molecule has 0 fully saturated rings. The van der Waals surface area contributed by atoms with Crippen molar-refractivity contribution in [3.63, 3.8) is 0 Å². The van der Waals surface area contributed by atoms with Gasteiger partial charge in [-0.05, 0) is 50.6 Å². The quantitative estimate of drug-likeness (QED) is 0.226. The molecular weight excluding hydrogens is 500 g/mol. The fourth-order valence-corrected chi connectivity index (χ4v) is 3.74. The van der Waals surface area contributed by atoms with Crippen molar-refractivity contribution >= 4 is 40.3 Å². The summed E-state index contributed by atoms with van der Waals surface area (Å²) in [4.78, 5) is 37.9. The first kappa shape index (κ1) is 28.0. The molecule has 9 nitrogen and oxygen atoms in total. The first-order chi connectivity index (χ1) is 17.5. The smallest absolute Gasteiger partial charge is 0.340 e. The van der Waals surface area contributed by atoms with E-state index >= 15 is 0 Å². The standard InChI is InChI=1S/C27H31ClN2O7/c1-27(2,3)37-26(34)21-16-30-23-15-22(28)19(14-20(21)23)17-4-6-18(7-5-17)36-13-10-29-24(31)8-11-35-12-9-25(32)33/h4-7,14-16,30H,8-13H2,1-3H3,(H,29,31)(H,32,33). The number of carboxylic acid groups (broad SMARTS) is 1. The maximum Gasteiger partial charge on any atom is 0.340 e. The Hall–Kier alpha value is -3.56. The number of rotatable bonds is 12. The van der Waals surface area contributed by atoms with Crippen LogP contribution in [-0.4, -0.2) is 59.9 Å². The lowest BCUT2D eigenvalue weighted by molar-refractivity contribution is -0.138. The Morgan fingerprint density at radius 2 is 1.73 bits per heavy atom. The molecule has 0 radical (unpaired) electrons. The van der Waals surface area contributed by atoms with Crippen LogP contribution in [0.15, 0.2) is 42.6 Å². The molecule has 1 amide bonds. The van der Waals surface area contributed by atoms with Crippen LogP contribution in [0.25, 0.3) is 22.0 Å². The van der Waals surface area contributed by atoms with Crippen LogP contribution < -0.4 is 10.1 Å². The highest BCUT2D eigenvalue weighted by Crippen LogP contribution is 2.34. The van der Waals surface area contributed by atoms with Gasteiger partial charge in [-0.25, -0.2) is 4.79 Å². The van der Waals surface area contributed by atoms with Crippen molar-refractivity contribution in [2.45, 2.75) is 39.2 Å². The van der Waals surface area contributed by atoms with E-state index in [1.807, 2.05) is 39.0 Å². The zero-order chi connectivity index (χ0) is 27.0. The summed E-state index contributed by atoms with van der Waals surface area (Å²) in [6, 6.07) is 11.0. The van der Waals surface area contributed by atoms with Crippen LogP contribution in [-0.2, 0) is 19.1 Å². The molecule has 3 aromatic rings. The summed E-state index contributed by atoms with van der Waals surface area (Å²) in [5, 5.41) is 12.5. The zero-order valence-corrected chi connectivity index (χ0v) is 21.8. The van der Waals surface area contributed by atoms with Crippen molar-refractivity contribution in [2.24, 2.45) is 0 Å². The highest BCUT2D eigenvalue weighted by Gasteiger charge is 2.21. The van der Waals surface area contributed by atoms with Gasteiger partial charge in [0, 0.05) is 29.1 Å². The van der Waals surface area contributed by atoms with Crippen LogP contribution >= 0.6 is 11.6 Å². The molecule has 0 aliphatic carbocycles. The van der Waals surface area contributed by atoms with Crippen molar-refractivity contribution in [1.82, 2.24) is 10.3 Å². The molecule has 0 aliphatic heterocycles. The van der Waals surface area contributed by atoms with Crippen molar-refractivity contribution in [3.8, 4) is 16.9 Å². The average molecular weight is 531 g/mol. The lowest BCUT2D eigenvalue weighted by atomic mass is 10.0. The van der Waals surface area contributed by atoms with Gasteiger partial charge in [-0.1, -0.05) is 23.7 Å². The number of carboxylic acids is 1. The number of halogens is 1. The van der Waals surface area contributed by atoms with Crippen molar-refractivity contribution in [3.05, 3.63) is 53.2 Å². The fraction of sp³-hybridized carbons (Fsp3) is 0.370. The Bertz CT molecular complexity index is 1250. The number of hydrogen-bond acceptors (Lipinski definition) is 6. The lowest BCUT2D eigenvalue weighted by Crippen LogP contribution is -2.28. The molecule has 0 aliphatic rings. The number of aromatic nitrogens is 1. The van der Waals surface area contributed by atoms with Crippen LogP contribution in [0, 0.1) is 0 Å². The second-order valence-electron chi connectivity index (χ2n) is 9.31. The minimum Gasteiger partial charge on any atom is -0.492 e. The van der Waals surface area contributed by atoms with Gasteiger partial charge in [0.15, 0.2) is 0 Å². The van der Waals surface area contributed by atoms with Crippen molar-refractivity contribution in [2.75, 3.05) is 26.4 Å². The van der Waals surface area contributed by atoms with Gasteiger partial charge in [0.25, 0.3) is 0 Å². The van der Waals surface area contributed by atoms with E-state index in [-0.39, 0.29) is 38.6 Å². The van der Waals surface area contributed by atoms with Crippen molar-refractivity contribution in [1.29, 1.82) is 0 Å². The number of nitrogens with one attached hydrogen (secondary N) is 2. The topological polar surface area (TPSA) is 127 Å². The summed E-state index contributed by atoms with van der Waals surface area (Å²) < 4.78 is 16.3. The predicted octanol–water partition coefficient (Wildman–Crippen LogP) is 4.82. The van der Waals surface area contributed by atoms with E-state index in [2.05, 4.69) is 10.3 Å². The molecule has 0 bridgehead atoms. The maximum atomic E-state index is 12.6. The molecule has 198 valence electrons. The first-order valence-corrected chi connectivity index (χ1v) is 12.2. The number of fused-ring (bicyclic) bond motifs is 1. The Balaban J connectivity index is 1.54. The Morgan fingerprint density at radius 1 is 1.03 bits per heavy atom. The molecule has 0 atom stereocenters. The normalized spacial score (nSPS) is 11.4. The summed E-state index contributed by atoms with van der Waals surface area (Å²) in [6.45, 7) is 6.31. The molecule has 3 N–H and O–H groups in total. The third kappa shape index (κ3) is 8.51. The number of esters is 1. The summed E-state index contributed by atoms with van der Waals surface area (Å²) in [5.41, 5.74) is 2.20. The zero-order valence-electron chi connectivity index (χ0n) is 21.1. The molecule has 0 saturated carbocycles. The van der Waals surface area contributed by atoms with Gasteiger partial charge in [0.1, 0.15) is 18.0 Å². The van der Waals surface area contributed by atoms with Crippen LogP contribution in [0.5, 0.6) is 5.75 Å². The van der Waals surface area contributed by atoms with Gasteiger partial charge in [-0.2, -0.15) is 0 Å². The molecule has 0 saturated heterocycles. The van der Waals surface area contributed by atoms with E-state index in [0.717, 1.165) is 22.0 Å². The van der Waals surface area contributed by atoms with Gasteiger partial charge < -0.3 is 29.6 Å². The number of benzene rings is 2. The molecule has 3 rings (SSSR count). The number of ether oxygens (including phenoxy) is 3. The molecule has 0 spiro atoms. The van der Waals surface area contributed by atoms with E-state index in [4.69, 9.17) is 30.9 Å². The molecule has 1 aromatic heterocycles. The SMILES string of the molecule is CC(C)(C)OC(=O)c1c[nH]c2cc(Cl)c(-c3ccc(OCCNC(=O)CCOCCC(=O)O)cc3)cc12. The predicted molar refractivity (Wildman–Crippen MR) is 140 cm³/mol. The molecule has 37 heavy (non-hydrogen) atoms. The number of carbonyl (C=O) groups excluding carboxylic acids is 2. The minimum absolute atomic E-state index is 0.0802. The van der Waals surface area contributed by atoms with E-state index in [1.165, 1.54) is 0 Å². The Kier molecular flexibility index (Phi) is 9.54. The number of H-pyrrole nitrogens is 1. The van der Waals surface area contributed by atoms with Gasteiger partial charge >= 0.3 is 11.9 Å². The Labute approximate surface area is 220 Å². The van der Waals surface area contributed by atoms with Crippen molar-refractivity contribution < 1.29 is 33.7 Å². The highest BCUT2D eigenvalue weighted by molar-refractivity contribution is 6.34. The lowest BCUT2D eigenvalue weighted by Gasteiger charge is -2.19. The van der Waals surface area contributed by atoms with E-state index in [0.29, 0.717) is 22.9 Å². The third-order valence-corrected chi connectivity index (χ3v) is 5.49. The van der Waals surface area contributed by atoms with Gasteiger partial charge in [-0.3, -0.25) is 9.59 Å². The molecule has 1 heterocycles. The summed E-state index contributed by atoms with van der Waals surface area (Å²) in [6.07, 6.45) is 1.69. The van der Waals surface area contributed by atoms with E-state index < -0.39 is 17.5 Å². The maximum absolute atomic E-state index is 12.6. The molecule has 2 aromatic carbocycles. The highest BCUT2D eigenvalue weighted by atomic mass is 35.5. The monoisotopic (exact) mass is 530 g/mol. The third-order valence-electron chi connectivity index (χ3n) is 5.18. The van der Waals surface area contributed by atoms with E-state index in [9.17, 15) is 14.4 Å². The number of amides is 1. The number of hydrogen-bond donors (Lipinski definition) is 3. The molecule has 0 unspecified atom stereocenters. The number of aromatic amines is 1. The number of aliphatic carboxylic acids is 1. The largest absolute Gasteiger partial charge is 0.492 e. The van der Waals surface area contributed by atoms with Crippen LogP contribution in [0.1, 0.15) is 44.0 Å². The summed E-state index contributed by atoms with van der Waals surface area (Å²) in [5.74, 6) is -0.918. The summed E-state index contributed by atoms with van der Waals surface area (Å²) >= 11 is 6.53. The fourth-order valence-electron chi connectivity index (χ4n) is 3.47. The van der Waals surface area contributed by atoms with Crippen LogP contribution in [0.3, 0.4) is 0 Å². The minimum atomic E-state index is -0.938. The van der Waals surface area contributed by atoms with Gasteiger partial charge in [0.05, 0.1) is 36.8 Å². The first-order valence-electron chi connectivity index (χ1n) is 11.9. The Morgan fingerprint density at radius 3 is 2.41 bits per heavy atom. The summed E-state index contributed by atoms with van der Waals surface area (Å²) in [7, 11) is 0. The molecular formula is C27H31ClN2O7. The second kappa shape index (κ2) is 12.6. The van der Waals surface area contributed by atoms with E-state index in [1.54, 1.807) is 24.4 Å². The van der Waals surface area contributed by atoms with Crippen LogP contribution in [0.2, 0.25) is 5.02 Å². The second-order valence-corrected chi connectivity index (χ2v) is 9.72. The molecule has 10 heteroatoms.